The van der Waals surface area contributed by atoms with Gasteiger partial charge in [0.2, 0.25) is 5.91 Å². The Morgan fingerprint density at radius 3 is 2.96 bits per heavy atom. The van der Waals surface area contributed by atoms with Gasteiger partial charge >= 0.3 is 5.97 Å². The van der Waals surface area contributed by atoms with Crippen molar-refractivity contribution >= 4 is 46.2 Å². The van der Waals surface area contributed by atoms with Crippen LogP contribution in [0.2, 0.25) is 0 Å². The van der Waals surface area contributed by atoms with Crippen molar-refractivity contribution in [3.63, 3.8) is 0 Å². The Morgan fingerprint density at radius 2 is 2.22 bits per heavy atom. The van der Waals surface area contributed by atoms with E-state index in [9.17, 15) is 9.59 Å². The molecule has 9 heteroatoms. The van der Waals surface area contributed by atoms with Crippen molar-refractivity contribution in [2.75, 3.05) is 11.2 Å². The standard InChI is InChI=1S/C14H12ClN3O4S/c15-5-12(19)18-14-17-11(8-23-14)10-4-2-1-3-9(10)7-22-16-6-13(20)21/h1-4,6,8H,5,7H2,(H,20,21)(H,17,18,19). The lowest BCUT2D eigenvalue weighted by Crippen LogP contribution is -2.12. The first-order valence-electron chi connectivity index (χ1n) is 6.38. The fraction of sp³-hybridized carbons (Fsp3) is 0.143. The number of hydrogen-bond acceptors (Lipinski definition) is 6. The number of nitrogens with one attached hydrogen (secondary N) is 1. The Morgan fingerprint density at radius 1 is 1.43 bits per heavy atom. The van der Waals surface area contributed by atoms with Gasteiger partial charge in [0.1, 0.15) is 12.5 Å². The van der Waals surface area contributed by atoms with E-state index in [-0.39, 0.29) is 18.4 Å². The summed E-state index contributed by atoms with van der Waals surface area (Å²) in [6, 6.07) is 7.34. The number of hydrogen-bond donors (Lipinski definition) is 2. The van der Waals surface area contributed by atoms with E-state index in [1.807, 2.05) is 24.3 Å². The number of aromatic nitrogens is 1. The highest BCUT2D eigenvalue weighted by atomic mass is 35.5. The minimum Gasteiger partial charge on any atom is -0.477 e. The van der Waals surface area contributed by atoms with Crippen LogP contribution < -0.4 is 5.32 Å². The number of carboxylic acid groups (broad SMARTS) is 1. The van der Waals surface area contributed by atoms with Gasteiger partial charge in [-0.25, -0.2) is 9.78 Å². The number of oxime groups is 1. The third kappa shape index (κ3) is 5.04. The molecule has 120 valence electrons. The SMILES string of the molecule is O=C(O)C=NOCc1ccccc1-c1csc(NC(=O)CCl)n1. The highest BCUT2D eigenvalue weighted by molar-refractivity contribution is 7.14. The summed E-state index contributed by atoms with van der Waals surface area (Å²) < 4.78 is 0. The molecule has 23 heavy (non-hydrogen) atoms. The van der Waals surface area contributed by atoms with Gasteiger partial charge in [-0.15, -0.1) is 22.9 Å². The molecule has 0 unspecified atom stereocenters. The number of halogens is 1. The van der Waals surface area contributed by atoms with Gasteiger partial charge in [0, 0.05) is 16.5 Å². The first kappa shape index (κ1) is 16.9. The highest BCUT2D eigenvalue weighted by Crippen LogP contribution is 2.28. The summed E-state index contributed by atoms with van der Waals surface area (Å²) in [5.74, 6) is -1.65. The van der Waals surface area contributed by atoms with Gasteiger partial charge in [-0.3, -0.25) is 4.79 Å². The van der Waals surface area contributed by atoms with Crippen LogP contribution in [-0.2, 0) is 21.0 Å². The van der Waals surface area contributed by atoms with Crippen molar-refractivity contribution in [2.24, 2.45) is 5.16 Å². The molecule has 0 aliphatic rings. The summed E-state index contributed by atoms with van der Waals surface area (Å²) >= 11 is 6.72. The molecule has 1 aromatic carbocycles. The lowest BCUT2D eigenvalue weighted by atomic mass is 10.1. The Balaban J connectivity index is 2.13. The Kier molecular flexibility index (Phi) is 6.07. The predicted molar refractivity (Wildman–Crippen MR) is 87.8 cm³/mol. The molecule has 0 radical (unpaired) electrons. The van der Waals surface area contributed by atoms with Crippen LogP contribution in [0.5, 0.6) is 0 Å². The molecule has 0 bridgehead atoms. The molecule has 0 saturated heterocycles. The lowest BCUT2D eigenvalue weighted by Gasteiger charge is -2.05. The number of aliphatic carboxylic acids is 1. The minimum absolute atomic E-state index is 0.0981. The zero-order valence-electron chi connectivity index (χ0n) is 11.7. The molecule has 0 spiro atoms. The zero-order valence-corrected chi connectivity index (χ0v) is 13.3. The first-order valence-corrected chi connectivity index (χ1v) is 7.79. The van der Waals surface area contributed by atoms with Crippen LogP contribution in [0.25, 0.3) is 11.3 Å². The van der Waals surface area contributed by atoms with Crippen LogP contribution in [0.1, 0.15) is 5.56 Å². The summed E-state index contributed by atoms with van der Waals surface area (Å²) in [6.07, 6.45) is 0.672. The normalized spacial score (nSPS) is 10.7. The van der Waals surface area contributed by atoms with Crippen LogP contribution >= 0.6 is 22.9 Å². The molecular formula is C14H12ClN3O4S. The van der Waals surface area contributed by atoms with E-state index in [0.717, 1.165) is 11.1 Å². The number of thiazole rings is 1. The van der Waals surface area contributed by atoms with Gasteiger partial charge in [-0.05, 0) is 0 Å². The number of amides is 1. The monoisotopic (exact) mass is 353 g/mol. The predicted octanol–water partition coefficient (Wildman–Crippen LogP) is 2.57. The molecule has 2 N–H and O–H groups in total. The molecule has 0 aliphatic carbocycles. The molecule has 1 aromatic heterocycles. The van der Waals surface area contributed by atoms with Gasteiger partial charge in [0.05, 0.1) is 5.69 Å². The number of carbonyl (C=O) groups excluding carboxylic acids is 1. The summed E-state index contributed by atoms with van der Waals surface area (Å²) in [5.41, 5.74) is 2.26. The maximum absolute atomic E-state index is 11.3. The number of benzene rings is 1. The van der Waals surface area contributed by atoms with Crippen molar-refractivity contribution in [2.45, 2.75) is 6.61 Å². The number of anilines is 1. The number of carboxylic acids is 1. The van der Waals surface area contributed by atoms with Crippen molar-refractivity contribution in [3.05, 3.63) is 35.2 Å². The molecule has 0 fully saturated rings. The third-order valence-corrected chi connectivity index (χ3v) is 3.62. The molecule has 2 aromatic rings. The van der Waals surface area contributed by atoms with Crippen molar-refractivity contribution in [1.82, 2.24) is 4.98 Å². The van der Waals surface area contributed by atoms with E-state index >= 15 is 0 Å². The van der Waals surface area contributed by atoms with E-state index in [2.05, 4.69) is 15.5 Å². The number of alkyl halides is 1. The van der Waals surface area contributed by atoms with Gasteiger partial charge in [-0.2, -0.15) is 0 Å². The zero-order chi connectivity index (χ0) is 16.7. The molecule has 2 rings (SSSR count). The summed E-state index contributed by atoms with van der Waals surface area (Å²) in [7, 11) is 0. The molecule has 1 heterocycles. The second-order valence-electron chi connectivity index (χ2n) is 4.22. The number of nitrogens with zero attached hydrogens (tertiary/aromatic N) is 2. The Bertz CT molecular complexity index is 732. The van der Waals surface area contributed by atoms with Crippen LogP contribution in [0.15, 0.2) is 34.8 Å². The van der Waals surface area contributed by atoms with E-state index in [1.54, 1.807) is 5.38 Å². The topological polar surface area (TPSA) is 101 Å². The Labute approximate surface area is 140 Å². The molecule has 0 aliphatic heterocycles. The summed E-state index contributed by atoms with van der Waals surface area (Å²) in [5, 5.41) is 16.6. The smallest absolute Gasteiger partial charge is 0.350 e. The average Bonchev–Trinajstić information content (AvgIpc) is 3.00. The van der Waals surface area contributed by atoms with Gasteiger partial charge in [0.25, 0.3) is 0 Å². The van der Waals surface area contributed by atoms with Crippen molar-refractivity contribution in [1.29, 1.82) is 0 Å². The van der Waals surface area contributed by atoms with Crippen LogP contribution in [0.4, 0.5) is 5.13 Å². The minimum atomic E-state index is -1.18. The maximum atomic E-state index is 11.3. The van der Waals surface area contributed by atoms with Crippen LogP contribution in [0.3, 0.4) is 0 Å². The van der Waals surface area contributed by atoms with Gasteiger partial charge in [-0.1, -0.05) is 29.4 Å². The van der Waals surface area contributed by atoms with E-state index in [4.69, 9.17) is 21.5 Å². The van der Waals surface area contributed by atoms with Crippen molar-refractivity contribution < 1.29 is 19.5 Å². The second-order valence-corrected chi connectivity index (χ2v) is 5.35. The molecular weight excluding hydrogens is 342 g/mol. The van der Waals surface area contributed by atoms with Crippen LogP contribution in [0, 0.1) is 0 Å². The lowest BCUT2D eigenvalue weighted by molar-refractivity contribution is -0.129. The average molecular weight is 354 g/mol. The third-order valence-electron chi connectivity index (χ3n) is 2.62. The Hall–Kier alpha value is -2.45. The fourth-order valence-electron chi connectivity index (χ4n) is 1.69. The molecule has 0 atom stereocenters. The van der Waals surface area contributed by atoms with Crippen molar-refractivity contribution in [3.8, 4) is 11.3 Å². The van der Waals surface area contributed by atoms with E-state index in [0.29, 0.717) is 17.0 Å². The summed E-state index contributed by atoms with van der Waals surface area (Å²) in [4.78, 5) is 30.9. The maximum Gasteiger partial charge on any atom is 0.350 e. The number of carbonyl (C=O) groups is 2. The van der Waals surface area contributed by atoms with Crippen LogP contribution in [-0.4, -0.2) is 34.1 Å². The van der Waals surface area contributed by atoms with E-state index in [1.165, 1.54) is 11.3 Å². The van der Waals surface area contributed by atoms with Gasteiger partial charge < -0.3 is 15.3 Å². The molecule has 0 saturated carbocycles. The van der Waals surface area contributed by atoms with Gasteiger partial charge in [0.15, 0.2) is 11.3 Å². The highest BCUT2D eigenvalue weighted by Gasteiger charge is 2.10. The molecule has 1 amide bonds. The quantitative estimate of drug-likeness (QED) is 0.452. The first-order chi connectivity index (χ1) is 11.1. The summed E-state index contributed by atoms with van der Waals surface area (Å²) in [6.45, 7) is 0.0981. The second kappa shape index (κ2) is 8.25. The largest absolute Gasteiger partial charge is 0.477 e. The number of rotatable bonds is 7. The van der Waals surface area contributed by atoms with E-state index < -0.39 is 5.97 Å². The fourth-order valence-corrected chi connectivity index (χ4v) is 2.49. The molecule has 7 nitrogen and oxygen atoms in total.